The van der Waals surface area contributed by atoms with Crippen molar-refractivity contribution in [2.45, 2.75) is 179 Å². The molecular weight excluding hydrogens is 676 g/mol. The van der Waals surface area contributed by atoms with Gasteiger partial charge in [0.2, 0.25) is 0 Å². The first-order valence-electron chi connectivity index (χ1n) is 19.1. The van der Waals surface area contributed by atoms with E-state index < -0.39 is 95.5 Å². The van der Waals surface area contributed by atoms with Crippen LogP contribution in [0.3, 0.4) is 0 Å². The minimum Gasteiger partial charge on any atom is -0.459 e. The van der Waals surface area contributed by atoms with Crippen LogP contribution in [-0.2, 0) is 28.5 Å². The maximum atomic E-state index is 14.2. The van der Waals surface area contributed by atoms with Gasteiger partial charge < -0.3 is 59.3 Å². The summed E-state index contributed by atoms with van der Waals surface area (Å²) in [5.41, 5.74) is -4.47. The molecule has 14 nitrogen and oxygen atoms in total. The molecule has 3 aliphatic rings. The fourth-order valence-electron chi connectivity index (χ4n) is 9.17. The predicted octanol–water partition coefficient (Wildman–Crippen LogP) is 2.71. The summed E-state index contributed by atoms with van der Waals surface area (Å²) in [4.78, 5) is 16.1. The van der Waals surface area contributed by atoms with Crippen molar-refractivity contribution in [3.8, 4) is 0 Å². The van der Waals surface area contributed by atoms with E-state index in [2.05, 4.69) is 5.16 Å². The van der Waals surface area contributed by atoms with Gasteiger partial charge in [-0.3, -0.25) is 4.79 Å². The highest BCUT2D eigenvalue weighted by atomic mass is 16.7. The lowest BCUT2D eigenvalue weighted by atomic mass is 9.73. The quantitative estimate of drug-likeness (QED) is 0.126. The average Bonchev–Trinajstić information content (AvgIpc) is 3.06. The molecule has 1 saturated carbocycles. The summed E-state index contributed by atoms with van der Waals surface area (Å²) in [5, 5.41) is 72.0. The number of methoxy groups -OCH3 is 1. The van der Waals surface area contributed by atoms with E-state index in [0.717, 1.165) is 0 Å². The molecule has 6 N–H and O–H groups in total. The Morgan fingerprint density at radius 2 is 1.54 bits per heavy atom. The van der Waals surface area contributed by atoms with Crippen molar-refractivity contribution in [2.75, 3.05) is 21.2 Å². The molecule has 0 aromatic heterocycles. The fourth-order valence-corrected chi connectivity index (χ4v) is 9.17. The number of aliphatic hydroxyl groups is 5. The number of nitrogens with zero attached hydrogens (tertiary/aromatic N) is 2. The smallest absolute Gasteiger partial charge is 0.311 e. The zero-order valence-electron chi connectivity index (χ0n) is 33.7. The molecule has 2 aliphatic heterocycles. The van der Waals surface area contributed by atoms with Gasteiger partial charge in [0.05, 0.1) is 59.5 Å². The lowest BCUT2D eigenvalue weighted by Gasteiger charge is -2.49. The number of oxime groups is 1. The van der Waals surface area contributed by atoms with E-state index in [1.165, 1.54) is 14.0 Å². The molecule has 0 amide bonds. The van der Waals surface area contributed by atoms with Gasteiger partial charge in [-0.25, -0.2) is 0 Å². The van der Waals surface area contributed by atoms with Gasteiger partial charge in [-0.15, -0.1) is 0 Å². The van der Waals surface area contributed by atoms with E-state index in [1.807, 2.05) is 46.7 Å². The Morgan fingerprint density at radius 3 is 2.08 bits per heavy atom. The molecule has 0 aromatic carbocycles. The van der Waals surface area contributed by atoms with Crippen LogP contribution in [0.1, 0.15) is 101 Å². The van der Waals surface area contributed by atoms with E-state index >= 15 is 0 Å². The van der Waals surface area contributed by atoms with E-state index in [0.29, 0.717) is 19.3 Å². The van der Waals surface area contributed by atoms with E-state index in [9.17, 15) is 35.5 Å². The molecule has 304 valence electrons. The maximum Gasteiger partial charge on any atom is 0.311 e. The first kappa shape index (κ1) is 44.9. The summed E-state index contributed by atoms with van der Waals surface area (Å²) in [7, 11) is 5.27. The molecule has 3 rings (SSSR count). The zero-order chi connectivity index (χ0) is 39.7. The summed E-state index contributed by atoms with van der Waals surface area (Å²) in [5.74, 6) is -4.19. The van der Waals surface area contributed by atoms with Crippen LogP contribution in [0.25, 0.3) is 0 Å². The lowest BCUT2D eigenvalue weighted by molar-refractivity contribution is -0.301. The van der Waals surface area contributed by atoms with Crippen molar-refractivity contribution in [2.24, 2.45) is 34.7 Å². The van der Waals surface area contributed by atoms with Crippen molar-refractivity contribution in [3.05, 3.63) is 0 Å². The van der Waals surface area contributed by atoms with Gasteiger partial charge >= 0.3 is 5.97 Å². The molecule has 2 heterocycles. The molecule has 0 spiro atoms. The van der Waals surface area contributed by atoms with Crippen LogP contribution in [0, 0.1) is 29.6 Å². The van der Waals surface area contributed by atoms with Crippen LogP contribution < -0.4 is 0 Å². The highest BCUT2D eigenvalue weighted by molar-refractivity contribution is 5.88. The molecule has 1 aliphatic carbocycles. The summed E-state index contributed by atoms with van der Waals surface area (Å²) >= 11 is 0. The van der Waals surface area contributed by atoms with Crippen molar-refractivity contribution < 1.29 is 59.2 Å². The highest BCUT2D eigenvalue weighted by Crippen LogP contribution is 2.42. The Kier molecular flexibility index (Phi) is 15.2. The Labute approximate surface area is 310 Å². The molecule has 52 heavy (non-hydrogen) atoms. The number of hydrogen-bond donors (Lipinski definition) is 6. The minimum absolute atomic E-state index is 0.0345. The molecule has 0 radical (unpaired) electrons. The Hall–Kier alpha value is -1.46. The standard InChI is InChI=1S/C38H70N2O12/c1-14-27-38(10,46)32(43)22(5)28(39-47)20(3)17-36(8,45)33(52-35-29(41)26(40(11)12)16-21(4)49-35)23(6)30(24(7)34(44)51-27)50-25-15-19(2)31(42)37(9,18-25)48-13/h19-27,29-33,35,41-43,45-47H,14-18H2,1-13H3/b39-28-/t19-,20-,21-,22-,23+,24-,25-,26+,27+,29-,30-,31+,32-,33-,35+,36-,37-,38-/m1/s1. The normalized spacial score (nSPS) is 49.8. The summed E-state index contributed by atoms with van der Waals surface area (Å²) < 4.78 is 31.5. The molecule has 0 aromatic rings. The van der Waals surface area contributed by atoms with Crippen LogP contribution in [0.15, 0.2) is 5.16 Å². The molecule has 14 heteroatoms. The monoisotopic (exact) mass is 746 g/mol. The zero-order valence-corrected chi connectivity index (χ0v) is 33.7. The molecule has 0 bridgehead atoms. The number of carbonyl (C=O) groups excluding carboxylic acids is 1. The van der Waals surface area contributed by atoms with Crippen LogP contribution in [0.2, 0.25) is 0 Å². The number of cyclic esters (lactones) is 1. The molecular formula is C38H70N2O12. The summed E-state index contributed by atoms with van der Waals surface area (Å²) in [6.07, 6.45) is -7.02. The molecule has 0 unspecified atom stereocenters. The van der Waals surface area contributed by atoms with Gasteiger partial charge in [-0.05, 0) is 80.3 Å². The number of rotatable bonds is 7. The van der Waals surface area contributed by atoms with Gasteiger partial charge in [0.1, 0.15) is 17.8 Å². The van der Waals surface area contributed by atoms with E-state index in [-0.39, 0.29) is 36.6 Å². The topological polar surface area (TPSA) is 200 Å². The minimum atomic E-state index is -1.94. The largest absolute Gasteiger partial charge is 0.459 e. The number of carbonyl (C=O) groups is 1. The second-order valence-corrected chi connectivity index (χ2v) is 17.2. The Morgan fingerprint density at radius 1 is 0.923 bits per heavy atom. The van der Waals surface area contributed by atoms with Crippen LogP contribution in [-0.4, -0.2) is 146 Å². The Bertz CT molecular complexity index is 1200. The molecule has 2 saturated heterocycles. The van der Waals surface area contributed by atoms with Crippen molar-refractivity contribution >= 4 is 11.7 Å². The van der Waals surface area contributed by atoms with Crippen molar-refractivity contribution in [1.29, 1.82) is 0 Å². The third kappa shape index (κ3) is 9.49. The number of ether oxygens (including phenoxy) is 5. The van der Waals surface area contributed by atoms with Gasteiger partial charge in [0, 0.05) is 37.3 Å². The van der Waals surface area contributed by atoms with Gasteiger partial charge in [0.15, 0.2) is 6.29 Å². The maximum absolute atomic E-state index is 14.2. The number of likely N-dealkylation sites (N-methyl/N-ethyl adjacent to an activating group) is 1. The molecule has 3 fully saturated rings. The number of esters is 1. The summed E-state index contributed by atoms with van der Waals surface area (Å²) in [6.45, 7) is 17.2. The van der Waals surface area contributed by atoms with E-state index in [4.69, 9.17) is 23.7 Å². The number of hydrogen-bond acceptors (Lipinski definition) is 14. The van der Waals surface area contributed by atoms with Crippen molar-refractivity contribution in [3.63, 3.8) is 0 Å². The van der Waals surface area contributed by atoms with Gasteiger partial charge in [-0.2, -0.15) is 0 Å². The van der Waals surface area contributed by atoms with Crippen molar-refractivity contribution in [1.82, 2.24) is 4.90 Å². The molecule has 18 atom stereocenters. The summed E-state index contributed by atoms with van der Waals surface area (Å²) in [6, 6.07) is -0.302. The third-order valence-corrected chi connectivity index (χ3v) is 12.4. The number of aliphatic hydroxyl groups excluding tert-OH is 3. The highest BCUT2D eigenvalue weighted by Gasteiger charge is 2.53. The Balaban J connectivity index is 2.21. The van der Waals surface area contributed by atoms with Gasteiger partial charge in [0.25, 0.3) is 0 Å². The SMILES string of the molecule is CC[C@@H]1OC(=O)[C@H](C)[C@H](O[C@@H]2C[C@@H](C)[C@H](O)[C@](C)(OC)C2)[C@H](C)[C@@H](O[C@@H]2O[C@H](C)C[C@H](N(C)C)[C@H]2O)[C@](C)(O)C[C@@H](C)/C(=N/O)[C@@H](C)[C@@H](O)[C@]1(C)O. The second-order valence-electron chi connectivity index (χ2n) is 17.2. The first-order valence-corrected chi connectivity index (χ1v) is 19.1. The van der Waals surface area contributed by atoms with Crippen LogP contribution >= 0.6 is 0 Å². The predicted molar refractivity (Wildman–Crippen MR) is 194 cm³/mol. The van der Waals surface area contributed by atoms with Crippen LogP contribution in [0.5, 0.6) is 0 Å². The van der Waals surface area contributed by atoms with Crippen LogP contribution in [0.4, 0.5) is 0 Å². The first-order chi connectivity index (χ1) is 24.0. The van der Waals surface area contributed by atoms with Gasteiger partial charge in [-0.1, -0.05) is 39.8 Å². The van der Waals surface area contributed by atoms with E-state index in [1.54, 1.807) is 34.6 Å². The lowest BCUT2D eigenvalue weighted by Crippen LogP contribution is -2.60. The fraction of sp³-hybridized carbons (Fsp3) is 0.947. The second kappa shape index (κ2) is 17.6. The average molecular weight is 747 g/mol. The third-order valence-electron chi connectivity index (χ3n) is 12.4.